The lowest BCUT2D eigenvalue weighted by atomic mass is 9.72. The van der Waals surface area contributed by atoms with Crippen LogP contribution in [0.2, 0.25) is 0 Å². The minimum Gasteiger partial charge on any atom is -0.382 e. The number of nitrogens with two attached hydrogens (primary N) is 1. The molecule has 4 rings (SSSR count). The van der Waals surface area contributed by atoms with Gasteiger partial charge in [0, 0.05) is 36.8 Å². The first-order chi connectivity index (χ1) is 19.9. The summed E-state index contributed by atoms with van der Waals surface area (Å²) in [7, 11) is 1.68. The maximum Gasteiger partial charge on any atom is 0.416 e. The van der Waals surface area contributed by atoms with Gasteiger partial charge >= 0.3 is 12.4 Å². The summed E-state index contributed by atoms with van der Waals surface area (Å²) < 4.78 is 81.7. The molecule has 0 radical (unpaired) electrons. The first-order valence-electron chi connectivity index (χ1n) is 14.5. The highest BCUT2D eigenvalue weighted by Gasteiger charge is 2.41. The summed E-state index contributed by atoms with van der Waals surface area (Å²) >= 11 is 0. The van der Waals surface area contributed by atoms with Gasteiger partial charge in [0.1, 0.15) is 0 Å². The van der Waals surface area contributed by atoms with E-state index in [0.29, 0.717) is 18.1 Å². The van der Waals surface area contributed by atoms with E-state index < -0.39 is 29.4 Å². The molecule has 2 atom stereocenters. The average Bonchev–Trinajstić information content (AvgIpc) is 3.19. The highest BCUT2D eigenvalue weighted by molar-refractivity contribution is 5.98. The molecule has 1 aliphatic carbocycles. The number of benzene rings is 2. The molecule has 1 heterocycles. The molecular weight excluding hydrogens is 566 g/mol. The molecule has 1 fully saturated rings. The molecule has 234 valence electrons. The van der Waals surface area contributed by atoms with Crippen LogP contribution in [0.3, 0.4) is 0 Å². The van der Waals surface area contributed by atoms with Crippen molar-refractivity contribution < 1.29 is 26.3 Å². The molecule has 43 heavy (non-hydrogen) atoms. The third-order valence-electron chi connectivity index (χ3n) is 8.85. The van der Waals surface area contributed by atoms with Crippen molar-refractivity contribution in [3.63, 3.8) is 0 Å². The van der Waals surface area contributed by atoms with Crippen LogP contribution in [-0.4, -0.2) is 30.4 Å². The number of alkyl halides is 6. The zero-order valence-electron chi connectivity index (χ0n) is 25.3. The van der Waals surface area contributed by atoms with Crippen molar-refractivity contribution in [1.29, 1.82) is 0 Å². The topological polar surface area (TPSA) is 53.6 Å². The third kappa shape index (κ3) is 7.04. The number of hydrazone groups is 1. The molecule has 2 aromatic rings. The van der Waals surface area contributed by atoms with E-state index in [4.69, 9.17) is 5.73 Å². The maximum atomic E-state index is 13.6. The summed E-state index contributed by atoms with van der Waals surface area (Å²) in [6.45, 7) is 13.1. The van der Waals surface area contributed by atoms with Gasteiger partial charge in [-0.3, -0.25) is 0 Å². The van der Waals surface area contributed by atoms with E-state index in [1.54, 1.807) is 7.05 Å². The molecule has 0 aromatic heterocycles. The molecular formula is C33H40F6N4. The monoisotopic (exact) mass is 606 g/mol. The fourth-order valence-corrected chi connectivity index (χ4v) is 6.50. The number of hydrogen-bond donors (Lipinski definition) is 2. The van der Waals surface area contributed by atoms with Gasteiger partial charge in [-0.05, 0) is 96.5 Å². The maximum absolute atomic E-state index is 13.6. The summed E-state index contributed by atoms with van der Waals surface area (Å²) in [5, 5.41) is 4.13. The van der Waals surface area contributed by atoms with Crippen LogP contribution in [0.4, 0.5) is 26.3 Å². The number of amidine groups is 1. The number of hydrogen-bond acceptors (Lipinski definition) is 3. The van der Waals surface area contributed by atoms with E-state index in [9.17, 15) is 26.3 Å². The van der Waals surface area contributed by atoms with Gasteiger partial charge in [0.2, 0.25) is 0 Å². The lowest BCUT2D eigenvalue weighted by Gasteiger charge is -2.37. The number of aryl methyl sites for hydroxylation is 1. The number of likely N-dealkylation sites (tertiary alicyclic amines) is 1. The van der Waals surface area contributed by atoms with Crippen LogP contribution in [-0.2, 0) is 18.8 Å². The Morgan fingerprint density at radius 3 is 2.26 bits per heavy atom. The zero-order chi connectivity index (χ0) is 31.9. The lowest BCUT2D eigenvalue weighted by molar-refractivity contribution is -0.143. The average molecular weight is 607 g/mol. The molecule has 2 aliphatic rings. The molecule has 0 bridgehead atoms. The van der Waals surface area contributed by atoms with Crippen LogP contribution in [0, 0.1) is 5.41 Å². The van der Waals surface area contributed by atoms with Crippen molar-refractivity contribution >= 4 is 11.4 Å². The van der Waals surface area contributed by atoms with Crippen LogP contribution < -0.4 is 11.2 Å². The molecule has 0 amide bonds. The first-order valence-corrected chi connectivity index (χ1v) is 14.5. The minimum absolute atomic E-state index is 0.0248. The molecule has 4 nitrogen and oxygen atoms in total. The van der Waals surface area contributed by atoms with Crippen LogP contribution in [0.1, 0.15) is 92.7 Å². The molecule has 2 aromatic carbocycles. The van der Waals surface area contributed by atoms with E-state index in [1.807, 2.05) is 13.0 Å². The van der Waals surface area contributed by atoms with Crippen molar-refractivity contribution in [3.8, 4) is 0 Å². The normalized spacial score (nSPS) is 21.5. The Labute approximate surface area is 249 Å². The van der Waals surface area contributed by atoms with E-state index in [-0.39, 0.29) is 29.5 Å². The number of rotatable bonds is 7. The van der Waals surface area contributed by atoms with E-state index >= 15 is 0 Å². The Kier molecular flexibility index (Phi) is 9.01. The summed E-state index contributed by atoms with van der Waals surface area (Å²) in [5.41, 5.74) is 12.6. The SMILES string of the molecule is C=C1CC(c2cc(C(F)(F)F)cc(C(F)(F)F)c2)C(C)N1CC1=C(c2cc(/C(N)=N/NC)ccc2CC)CCC(C)(C)C1. The summed E-state index contributed by atoms with van der Waals surface area (Å²) in [6.07, 6.45) is -6.09. The van der Waals surface area contributed by atoms with Crippen LogP contribution >= 0.6 is 0 Å². The summed E-state index contributed by atoms with van der Waals surface area (Å²) in [6, 6.07) is 7.62. The van der Waals surface area contributed by atoms with E-state index in [0.717, 1.165) is 48.9 Å². The molecule has 10 heteroatoms. The second-order valence-corrected chi connectivity index (χ2v) is 12.5. The Bertz CT molecular complexity index is 1400. The number of nitrogens with one attached hydrogen (secondary N) is 1. The van der Waals surface area contributed by atoms with Gasteiger partial charge in [-0.15, -0.1) is 0 Å². The van der Waals surface area contributed by atoms with E-state index in [2.05, 4.69) is 54.9 Å². The second kappa shape index (κ2) is 11.9. The van der Waals surface area contributed by atoms with Gasteiger partial charge in [-0.2, -0.15) is 31.4 Å². The fraction of sp³-hybridized carbons (Fsp3) is 0.485. The van der Waals surface area contributed by atoms with Gasteiger partial charge < -0.3 is 16.1 Å². The molecule has 1 aliphatic heterocycles. The standard InChI is InChI=1S/C33H40F6N4/c1-7-21-8-9-22(30(40)42-41-6)15-29(21)27-10-11-31(4,5)17-24(27)18-43-19(2)12-28(20(43)3)23-13-25(32(34,35)36)16-26(14-23)33(37,38)39/h8-9,13-16,20,28,41H,2,7,10-12,17-18H2,1,3-6H3,(H2,40,42). The Hall–Kier alpha value is -3.43. The van der Waals surface area contributed by atoms with Gasteiger partial charge in [0.05, 0.1) is 11.1 Å². The predicted octanol–water partition coefficient (Wildman–Crippen LogP) is 8.48. The Balaban J connectivity index is 1.76. The quantitative estimate of drug-likeness (QED) is 0.144. The van der Waals surface area contributed by atoms with Crippen molar-refractivity contribution in [2.24, 2.45) is 16.3 Å². The van der Waals surface area contributed by atoms with Crippen LogP contribution in [0.15, 0.2) is 59.3 Å². The minimum atomic E-state index is -4.89. The number of allylic oxidation sites excluding steroid dienone is 2. The molecule has 3 N–H and O–H groups in total. The summed E-state index contributed by atoms with van der Waals surface area (Å²) in [5.74, 6) is -0.197. The van der Waals surface area contributed by atoms with Crippen LogP contribution in [0.5, 0.6) is 0 Å². The van der Waals surface area contributed by atoms with Crippen molar-refractivity contribution in [1.82, 2.24) is 10.3 Å². The van der Waals surface area contributed by atoms with E-state index in [1.165, 1.54) is 16.7 Å². The third-order valence-corrected chi connectivity index (χ3v) is 8.85. The highest BCUT2D eigenvalue weighted by atomic mass is 19.4. The summed E-state index contributed by atoms with van der Waals surface area (Å²) in [4.78, 5) is 2.06. The lowest BCUT2D eigenvalue weighted by Crippen LogP contribution is -2.33. The first kappa shape index (κ1) is 32.5. The Morgan fingerprint density at radius 1 is 1.07 bits per heavy atom. The Morgan fingerprint density at radius 2 is 1.70 bits per heavy atom. The van der Waals surface area contributed by atoms with Gasteiger partial charge in [-0.25, -0.2) is 0 Å². The van der Waals surface area contributed by atoms with Crippen molar-refractivity contribution in [2.75, 3.05) is 13.6 Å². The predicted molar refractivity (Wildman–Crippen MR) is 159 cm³/mol. The number of nitrogens with zero attached hydrogens (tertiary/aromatic N) is 2. The van der Waals surface area contributed by atoms with Gasteiger partial charge in [0.25, 0.3) is 0 Å². The molecule has 2 unspecified atom stereocenters. The van der Waals surface area contributed by atoms with Gasteiger partial charge in [-0.1, -0.05) is 39.5 Å². The number of halogens is 6. The fourth-order valence-electron chi connectivity index (χ4n) is 6.50. The smallest absolute Gasteiger partial charge is 0.382 e. The largest absolute Gasteiger partial charge is 0.416 e. The van der Waals surface area contributed by atoms with Crippen LogP contribution in [0.25, 0.3) is 5.57 Å². The molecule has 0 saturated carbocycles. The van der Waals surface area contributed by atoms with Crippen molar-refractivity contribution in [3.05, 3.63) is 87.6 Å². The zero-order valence-corrected chi connectivity index (χ0v) is 25.3. The van der Waals surface area contributed by atoms with Gasteiger partial charge in [0.15, 0.2) is 5.84 Å². The molecule has 0 spiro atoms. The molecule has 1 saturated heterocycles. The highest BCUT2D eigenvalue weighted by Crippen LogP contribution is 2.47. The van der Waals surface area contributed by atoms with Crippen molar-refractivity contribution in [2.45, 2.75) is 84.1 Å². The second-order valence-electron chi connectivity index (χ2n) is 12.5.